The van der Waals surface area contributed by atoms with Gasteiger partial charge in [-0.3, -0.25) is 4.90 Å². The van der Waals surface area contributed by atoms with Crippen LogP contribution in [0.3, 0.4) is 0 Å². The van der Waals surface area contributed by atoms with Gasteiger partial charge in [0.25, 0.3) is 0 Å². The van der Waals surface area contributed by atoms with E-state index < -0.39 is 11.6 Å². The zero-order valence-electron chi connectivity index (χ0n) is 9.62. The van der Waals surface area contributed by atoms with Gasteiger partial charge in [0.15, 0.2) is 0 Å². The topological polar surface area (TPSA) is 75.8 Å². The zero-order valence-corrected chi connectivity index (χ0v) is 9.62. The first kappa shape index (κ1) is 12.3. The fraction of sp³-hybridized carbons (Fsp3) is 0.900. The Balaban J connectivity index is 3.04. The van der Waals surface area contributed by atoms with Gasteiger partial charge in [0.1, 0.15) is 0 Å². The third-order valence-electron chi connectivity index (χ3n) is 3.44. The second-order valence-corrected chi connectivity index (χ2v) is 5.13. The molecule has 0 saturated carbocycles. The maximum atomic E-state index is 11.2. The van der Waals surface area contributed by atoms with Crippen molar-refractivity contribution in [2.45, 2.75) is 39.2 Å². The second-order valence-electron chi connectivity index (χ2n) is 5.13. The van der Waals surface area contributed by atoms with Crippen LogP contribution in [-0.4, -0.2) is 34.8 Å². The minimum atomic E-state index is -0.889. The summed E-state index contributed by atoms with van der Waals surface area (Å²) in [5, 5.41) is 9.17. The maximum absolute atomic E-state index is 11.2. The molecule has 88 valence electrons. The summed E-state index contributed by atoms with van der Waals surface area (Å²) < 4.78 is 0. The van der Waals surface area contributed by atoms with E-state index in [1.807, 2.05) is 20.8 Å². The van der Waals surface area contributed by atoms with E-state index in [0.717, 1.165) is 12.8 Å². The number of amides is 1. The molecular weight excluding hydrogens is 196 g/mol. The van der Waals surface area contributed by atoms with Crippen molar-refractivity contribution in [2.24, 2.45) is 11.3 Å². The van der Waals surface area contributed by atoms with Gasteiger partial charge in [-0.05, 0) is 18.3 Å². The molecule has 1 heterocycles. The predicted molar refractivity (Wildman–Crippen MR) is 56.3 cm³/mol. The van der Waals surface area contributed by atoms with E-state index in [1.54, 1.807) is 0 Å². The van der Waals surface area contributed by atoms with E-state index in [9.17, 15) is 4.79 Å². The fourth-order valence-corrected chi connectivity index (χ4v) is 2.44. The number of rotatable bonds is 2. The Kier molecular flexibility index (Phi) is 3.25. The van der Waals surface area contributed by atoms with Crippen molar-refractivity contribution in [3.63, 3.8) is 0 Å². The SMILES string of the molecule is CC(C)(C)[C@]1(CON)CCCN1C(=O)O. The number of nitrogens with two attached hydrogens (primary N) is 1. The van der Waals surface area contributed by atoms with Crippen LogP contribution in [0.25, 0.3) is 0 Å². The number of nitrogens with zero attached hydrogens (tertiary/aromatic N) is 1. The molecule has 1 saturated heterocycles. The summed E-state index contributed by atoms with van der Waals surface area (Å²) in [7, 11) is 0. The van der Waals surface area contributed by atoms with Crippen LogP contribution in [-0.2, 0) is 4.84 Å². The molecule has 1 aliphatic rings. The minimum Gasteiger partial charge on any atom is -0.465 e. The van der Waals surface area contributed by atoms with Crippen molar-refractivity contribution in [1.82, 2.24) is 4.90 Å². The highest BCUT2D eigenvalue weighted by Gasteiger charge is 2.52. The Morgan fingerprint density at radius 2 is 2.20 bits per heavy atom. The largest absolute Gasteiger partial charge is 0.465 e. The van der Waals surface area contributed by atoms with Crippen LogP contribution < -0.4 is 5.90 Å². The molecule has 3 N–H and O–H groups in total. The lowest BCUT2D eigenvalue weighted by Gasteiger charge is -2.46. The summed E-state index contributed by atoms with van der Waals surface area (Å²) in [5.74, 6) is 5.13. The highest BCUT2D eigenvalue weighted by atomic mass is 16.6. The maximum Gasteiger partial charge on any atom is 0.407 e. The molecule has 0 aromatic heterocycles. The lowest BCUT2D eigenvalue weighted by molar-refractivity contribution is -0.0407. The first-order valence-electron chi connectivity index (χ1n) is 5.17. The van der Waals surface area contributed by atoms with E-state index >= 15 is 0 Å². The molecule has 1 amide bonds. The van der Waals surface area contributed by atoms with Crippen molar-refractivity contribution in [1.29, 1.82) is 0 Å². The quantitative estimate of drug-likeness (QED) is 0.685. The summed E-state index contributed by atoms with van der Waals surface area (Å²) in [4.78, 5) is 17.4. The summed E-state index contributed by atoms with van der Waals surface area (Å²) in [6.07, 6.45) is 0.784. The zero-order chi connectivity index (χ0) is 11.7. The van der Waals surface area contributed by atoms with Crippen molar-refractivity contribution in [3.8, 4) is 0 Å². The highest BCUT2D eigenvalue weighted by molar-refractivity contribution is 5.67. The Bertz CT molecular complexity index is 250. The molecule has 5 heteroatoms. The average molecular weight is 216 g/mol. The van der Waals surface area contributed by atoms with Crippen LogP contribution in [0, 0.1) is 5.41 Å². The number of carboxylic acid groups (broad SMARTS) is 1. The molecule has 5 nitrogen and oxygen atoms in total. The molecule has 15 heavy (non-hydrogen) atoms. The van der Waals surface area contributed by atoms with E-state index in [2.05, 4.69) is 0 Å². The molecule has 0 spiro atoms. The number of hydrogen-bond acceptors (Lipinski definition) is 3. The molecular formula is C10H20N2O3. The van der Waals surface area contributed by atoms with Gasteiger partial charge in [0.2, 0.25) is 0 Å². The molecule has 0 aromatic carbocycles. The van der Waals surface area contributed by atoms with Gasteiger partial charge in [-0.15, -0.1) is 0 Å². The monoisotopic (exact) mass is 216 g/mol. The Morgan fingerprint density at radius 3 is 2.60 bits per heavy atom. The molecule has 0 aromatic rings. The first-order chi connectivity index (χ1) is 6.85. The lowest BCUT2D eigenvalue weighted by Crippen LogP contribution is -2.58. The number of hydrogen-bond donors (Lipinski definition) is 2. The predicted octanol–water partition coefficient (Wildman–Crippen LogP) is 1.44. The average Bonchev–Trinajstić information content (AvgIpc) is 2.48. The van der Waals surface area contributed by atoms with Gasteiger partial charge in [-0.25, -0.2) is 10.7 Å². The smallest absolute Gasteiger partial charge is 0.407 e. The standard InChI is InChI=1S/C10H20N2O3/c1-9(2,3)10(7-15-11)5-4-6-12(10)8(13)14/h4-7,11H2,1-3H3,(H,13,14)/t10-/m1/s1. The van der Waals surface area contributed by atoms with E-state index in [0.29, 0.717) is 6.54 Å². The summed E-state index contributed by atoms with van der Waals surface area (Å²) in [6.45, 7) is 6.88. The van der Waals surface area contributed by atoms with Crippen LogP contribution in [0.4, 0.5) is 4.79 Å². The molecule has 0 bridgehead atoms. The van der Waals surface area contributed by atoms with Crippen LogP contribution in [0.2, 0.25) is 0 Å². The van der Waals surface area contributed by atoms with Gasteiger partial charge in [0.05, 0.1) is 12.1 Å². The Morgan fingerprint density at radius 1 is 1.60 bits per heavy atom. The molecule has 1 aliphatic heterocycles. The summed E-state index contributed by atoms with van der Waals surface area (Å²) in [6, 6.07) is 0. The highest BCUT2D eigenvalue weighted by Crippen LogP contribution is 2.43. The van der Waals surface area contributed by atoms with Crippen molar-refractivity contribution < 1.29 is 14.7 Å². The van der Waals surface area contributed by atoms with Gasteiger partial charge < -0.3 is 9.94 Å². The second kappa shape index (κ2) is 3.98. The summed E-state index contributed by atoms with van der Waals surface area (Å²) >= 11 is 0. The van der Waals surface area contributed by atoms with Crippen LogP contribution >= 0.6 is 0 Å². The molecule has 0 radical (unpaired) electrons. The number of likely N-dealkylation sites (tertiary alicyclic amines) is 1. The molecule has 0 unspecified atom stereocenters. The summed E-state index contributed by atoms with van der Waals surface area (Å²) in [5.41, 5.74) is -0.672. The third kappa shape index (κ3) is 1.94. The third-order valence-corrected chi connectivity index (χ3v) is 3.44. The van der Waals surface area contributed by atoms with Crippen LogP contribution in [0.15, 0.2) is 0 Å². The van der Waals surface area contributed by atoms with Crippen molar-refractivity contribution in [2.75, 3.05) is 13.2 Å². The fourth-order valence-electron chi connectivity index (χ4n) is 2.44. The lowest BCUT2D eigenvalue weighted by atomic mass is 9.72. The van der Waals surface area contributed by atoms with Crippen molar-refractivity contribution in [3.05, 3.63) is 0 Å². The van der Waals surface area contributed by atoms with Crippen LogP contribution in [0.5, 0.6) is 0 Å². The van der Waals surface area contributed by atoms with Crippen molar-refractivity contribution >= 4 is 6.09 Å². The van der Waals surface area contributed by atoms with E-state index in [-0.39, 0.29) is 12.0 Å². The Hall–Kier alpha value is -0.810. The molecule has 1 atom stereocenters. The van der Waals surface area contributed by atoms with Crippen LogP contribution in [0.1, 0.15) is 33.6 Å². The molecule has 1 fully saturated rings. The Labute approximate surface area is 90.1 Å². The van der Waals surface area contributed by atoms with Gasteiger partial charge in [-0.2, -0.15) is 0 Å². The van der Waals surface area contributed by atoms with E-state index in [4.69, 9.17) is 15.8 Å². The van der Waals surface area contributed by atoms with Gasteiger partial charge >= 0.3 is 6.09 Å². The normalized spacial score (nSPS) is 27.1. The minimum absolute atomic E-state index is 0.179. The van der Waals surface area contributed by atoms with Gasteiger partial charge in [0, 0.05) is 6.54 Å². The van der Waals surface area contributed by atoms with Gasteiger partial charge in [-0.1, -0.05) is 20.8 Å². The first-order valence-corrected chi connectivity index (χ1v) is 5.17. The number of carbonyl (C=O) groups is 1. The molecule has 1 rings (SSSR count). The van der Waals surface area contributed by atoms with E-state index in [1.165, 1.54) is 4.90 Å². The molecule has 0 aliphatic carbocycles.